The Morgan fingerprint density at radius 3 is 1.86 bits per heavy atom. The number of ketones is 4. The van der Waals surface area contributed by atoms with Gasteiger partial charge in [-0.2, -0.15) is 0 Å². The topological polar surface area (TPSA) is 188 Å². The smallest absolute Gasteiger partial charge is 0.152 e. The molecule has 0 aliphatic carbocycles. The number of Topliss-reactive ketones (excluding diaryl/α,β-unsaturated/α-hetero) is 4. The van der Waals surface area contributed by atoms with Crippen LogP contribution in [0.5, 0.6) is 0 Å². The molecule has 2 saturated heterocycles. The molecule has 2 fully saturated rings. The van der Waals surface area contributed by atoms with E-state index >= 15 is 0 Å². The van der Waals surface area contributed by atoms with Gasteiger partial charge in [-0.15, -0.1) is 0 Å². The molecule has 8 atom stereocenters. The molecule has 2 aliphatic rings. The maximum atomic E-state index is 13.0. The van der Waals surface area contributed by atoms with E-state index in [-0.39, 0.29) is 46.7 Å². The third-order valence-corrected chi connectivity index (χ3v) is 12.7. The lowest BCUT2D eigenvalue weighted by molar-refractivity contribution is -0.127. The van der Waals surface area contributed by atoms with Crippen molar-refractivity contribution in [3.63, 3.8) is 0 Å². The number of likely N-dealkylation sites (tertiary alicyclic amines) is 1. The van der Waals surface area contributed by atoms with Crippen LogP contribution in [0, 0.1) is 0 Å². The highest BCUT2D eigenvalue weighted by Gasteiger charge is 2.42. The number of nitrogens with one attached hydrogen (secondary N) is 1. The highest BCUT2D eigenvalue weighted by molar-refractivity contribution is 5.90. The number of nitrogens with two attached hydrogens (primary N) is 4. The minimum Gasteiger partial charge on any atom is -0.326 e. The van der Waals surface area contributed by atoms with Crippen molar-refractivity contribution in [2.75, 3.05) is 20.1 Å². The predicted octanol–water partition coefficient (Wildman–Crippen LogP) is 6.08. The number of carbonyl (C=O) groups excluding carboxylic acids is 4. The maximum absolute atomic E-state index is 13.0. The Bertz CT molecular complexity index is 1500. The first-order chi connectivity index (χ1) is 26.6. The minimum atomic E-state index is -0.631. The zero-order chi connectivity index (χ0) is 41.3. The van der Waals surface area contributed by atoms with E-state index in [1.807, 2.05) is 24.3 Å². The second kappa shape index (κ2) is 23.3. The van der Waals surface area contributed by atoms with Crippen LogP contribution in [0.3, 0.4) is 0 Å². The molecule has 2 heterocycles. The van der Waals surface area contributed by atoms with E-state index in [1.54, 1.807) is 20.8 Å². The first-order valence-corrected chi connectivity index (χ1v) is 21.3. The lowest BCUT2D eigenvalue weighted by atomic mass is 9.82. The molecular formula is C46H74N6O4. The molecule has 8 unspecified atom stereocenters. The number of nitrogens with zero attached hydrogens (tertiary/aromatic N) is 1. The van der Waals surface area contributed by atoms with Crippen molar-refractivity contribution in [2.45, 2.75) is 171 Å². The second-order valence-electron chi connectivity index (χ2n) is 17.0. The Morgan fingerprint density at radius 2 is 1.32 bits per heavy atom. The van der Waals surface area contributed by atoms with Crippen molar-refractivity contribution in [1.29, 1.82) is 0 Å². The molecule has 2 aromatic carbocycles. The van der Waals surface area contributed by atoms with Gasteiger partial charge in [-0.25, -0.2) is 0 Å². The fraction of sp³-hybridized carbons (Fsp3) is 0.652. The maximum Gasteiger partial charge on any atom is 0.152 e. The molecule has 56 heavy (non-hydrogen) atoms. The molecule has 0 spiro atoms. The Labute approximate surface area is 337 Å². The second-order valence-corrected chi connectivity index (χ2v) is 17.0. The Kier molecular flexibility index (Phi) is 19.7. The summed E-state index contributed by atoms with van der Waals surface area (Å²) in [7, 11) is 2.06. The Hall–Kier alpha value is -3.12. The van der Waals surface area contributed by atoms with E-state index in [1.165, 1.54) is 11.1 Å². The summed E-state index contributed by atoms with van der Waals surface area (Å²) in [5.41, 5.74) is 25.1. The molecule has 0 saturated carbocycles. The Balaban J connectivity index is 0.000000300. The summed E-state index contributed by atoms with van der Waals surface area (Å²) < 4.78 is 0. The molecule has 0 amide bonds. The Morgan fingerprint density at radius 1 is 0.714 bits per heavy atom. The largest absolute Gasteiger partial charge is 0.326 e. The van der Waals surface area contributed by atoms with Crippen LogP contribution in [0.4, 0.5) is 0 Å². The van der Waals surface area contributed by atoms with Crippen LogP contribution in [0.1, 0.15) is 147 Å². The summed E-state index contributed by atoms with van der Waals surface area (Å²) in [5, 5.41) is 3.48. The third kappa shape index (κ3) is 13.8. The number of benzene rings is 2. The van der Waals surface area contributed by atoms with Gasteiger partial charge < -0.3 is 28.3 Å². The molecule has 312 valence electrons. The summed E-state index contributed by atoms with van der Waals surface area (Å²) in [4.78, 5) is 52.1. The van der Waals surface area contributed by atoms with Crippen molar-refractivity contribution in [3.8, 4) is 0 Å². The molecule has 10 nitrogen and oxygen atoms in total. The van der Waals surface area contributed by atoms with Gasteiger partial charge in [0.25, 0.3) is 0 Å². The number of rotatable bonds is 23. The molecule has 0 bridgehead atoms. The third-order valence-electron chi connectivity index (χ3n) is 12.7. The van der Waals surface area contributed by atoms with Gasteiger partial charge in [-0.05, 0) is 122 Å². The van der Waals surface area contributed by atoms with E-state index in [9.17, 15) is 19.2 Å². The average Bonchev–Trinajstić information content (AvgIpc) is 3.83. The first-order valence-electron chi connectivity index (χ1n) is 21.3. The van der Waals surface area contributed by atoms with Gasteiger partial charge in [-0.3, -0.25) is 24.1 Å². The fourth-order valence-corrected chi connectivity index (χ4v) is 8.72. The van der Waals surface area contributed by atoms with Crippen molar-refractivity contribution in [2.24, 2.45) is 22.9 Å². The van der Waals surface area contributed by atoms with E-state index in [4.69, 9.17) is 22.9 Å². The highest BCUT2D eigenvalue weighted by Crippen LogP contribution is 2.35. The van der Waals surface area contributed by atoms with E-state index < -0.39 is 17.6 Å². The molecular weight excluding hydrogens is 701 g/mol. The van der Waals surface area contributed by atoms with Crippen LogP contribution in [-0.4, -0.2) is 83.4 Å². The van der Waals surface area contributed by atoms with E-state index in [2.05, 4.69) is 60.6 Å². The molecule has 2 aromatic rings. The lowest BCUT2D eigenvalue weighted by Crippen LogP contribution is -2.48. The van der Waals surface area contributed by atoms with Crippen molar-refractivity contribution >= 4 is 23.1 Å². The minimum absolute atomic E-state index is 0.0274. The van der Waals surface area contributed by atoms with Gasteiger partial charge in [0, 0.05) is 31.3 Å². The first kappa shape index (κ1) is 47.3. The zero-order valence-electron chi connectivity index (χ0n) is 35.1. The summed E-state index contributed by atoms with van der Waals surface area (Å²) in [5.74, 6) is 1.15. The summed E-state index contributed by atoms with van der Waals surface area (Å²) in [6, 6.07) is 18.8. The lowest BCUT2D eigenvalue weighted by Gasteiger charge is -2.34. The van der Waals surface area contributed by atoms with Gasteiger partial charge in [0.05, 0.1) is 23.2 Å². The predicted molar refractivity (Wildman–Crippen MR) is 228 cm³/mol. The van der Waals surface area contributed by atoms with Crippen molar-refractivity contribution in [3.05, 3.63) is 71.8 Å². The molecule has 10 heteroatoms. The van der Waals surface area contributed by atoms with Gasteiger partial charge in [0.1, 0.15) is 5.78 Å². The van der Waals surface area contributed by atoms with Crippen molar-refractivity contribution < 1.29 is 19.2 Å². The highest BCUT2D eigenvalue weighted by atomic mass is 16.1. The SMILES string of the molecule is CC(=O)C1(CCCCC(CC(=O)C(N)C(C)N)c2ccccc2)CCCN1C.CC(CCCC1(C(=O)CCCC(=O)C(N)C(C)N)CCCN1)c1ccccc1. The number of likely N-dealkylation sites (N-methyl/N-ethyl adjacent to an activating group) is 1. The van der Waals surface area contributed by atoms with Gasteiger partial charge in [0.2, 0.25) is 0 Å². The number of unbranched alkanes of at least 4 members (excludes halogenated alkanes) is 1. The van der Waals surface area contributed by atoms with Crippen molar-refractivity contribution in [1.82, 2.24) is 10.2 Å². The van der Waals surface area contributed by atoms with Gasteiger partial charge in [-0.1, -0.05) is 86.8 Å². The summed E-state index contributed by atoms with van der Waals surface area (Å²) >= 11 is 0. The van der Waals surface area contributed by atoms with Crippen LogP contribution in [0.15, 0.2) is 60.7 Å². The monoisotopic (exact) mass is 775 g/mol. The molecule has 0 radical (unpaired) electrons. The zero-order valence-corrected chi connectivity index (χ0v) is 35.1. The van der Waals surface area contributed by atoms with Crippen LogP contribution in [0.2, 0.25) is 0 Å². The molecule has 0 aromatic heterocycles. The van der Waals surface area contributed by atoms with Gasteiger partial charge in [0.15, 0.2) is 17.3 Å². The summed E-state index contributed by atoms with van der Waals surface area (Å²) in [6.07, 6.45) is 12.5. The average molecular weight is 775 g/mol. The van der Waals surface area contributed by atoms with Crippen LogP contribution in [0.25, 0.3) is 0 Å². The van der Waals surface area contributed by atoms with Crippen LogP contribution < -0.4 is 28.3 Å². The standard InChI is InChI=1S/2C23H37N3O2/c1-17(24)22(25)21(28)16-20(19-10-5-4-6-11-19)12-7-8-13-23(18(2)27)14-9-15-26(23)3;1-17(19-10-4-3-5-11-19)9-7-14-23(15-8-16-26-23)21(28)13-6-12-20(27)22(25)18(2)24/h4-6,10-11,17,20,22H,7-9,12-16,24-25H2,1-3H3;3-5,10-11,17-18,22,26H,6-9,12-16,24-25H2,1-2H3. The number of carbonyl (C=O) groups is 4. The van der Waals surface area contributed by atoms with E-state index in [0.717, 1.165) is 83.7 Å². The fourth-order valence-electron chi connectivity index (χ4n) is 8.72. The quantitative estimate of drug-likeness (QED) is 0.0828. The normalized spacial score (nSPS) is 22.9. The van der Waals surface area contributed by atoms with E-state index in [0.29, 0.717) is 31.6 Å². The number of hydrogen-bond acceptors (Lipinski definition) is 10. The molecule has 2 aliphatic heterocycles. The number of hydrogen-bond donors (Lipinski definition) is 5. The molecule has 4 rings (SSSR count). The summed E-state index contributed by atoms with van der Waals surface area (Å²) in [6.45, 7) is 9.38. The van der Waals surface area contributed by atoms with Crippen LogP contribution >= 0.6 is 0 Å². The molecule has 9 N–H and O–H groups in total. The van der Waals surface area contributed by atoms with Gasteiger partial charge >= 0.3 is 0 Å². The van der Waals surface area contributed by atoms with Crippen LogP contribution in [-0.2, 0) is 19.2 Å².